The minimum atomic E-state index is -4.26. The molecule has 0 radical (unpaired) electrons. The maximum absolute atomic E-state index is 15.0. The van der Waals surface area contributed by atoms with Crippen LogP contribution in [0, 0.1) is 18.8 Å². The van der Waals surface area contributed by atoms with E-state index in [4.69, 9.17) is 11.6 Å². The van der Waals surface area contributed by atoms with Crippen molar-refractivity contribution in [3.63, 3.8) is 0 Å². The van der Waals surface area contributed by atoms with Gasteiger partial charge in [-0.15, -0.1) is 0 Å². The predicted molar refractivity (Wildman–Crippen MR) is 143 cm³/mol. The Morgan fingerprint density at radius 2 is 2.00 bits per heavy atom. The summed E-state index contributed by atoms with van der Waals surface area (Å²) in [5, 5.41) is 7.01. The Bertz CT molecular complexity index is 1330. The molecule has 2 bridgehead atoms. The average Bonchev–Trinajstić information content (AvgIpc) is 3.27. The van der Waals surface area contributed by atoms with Crippen molar-refractivity contribution in [2.45, 2.75) is 63.1 Å². The molecular formula is C26H32ClF3N4O5S. The first-order valence-electron chi connectivity index (χ1n) is 13.0. The molecule has 3 N–H and O–H groups in total. The maximum atomic E-state index is 15.0. The van der Waals surface area contributed by atoms with Gasteiger partial charge in [0.05, 0.1) is 18.5 Å². The van der Waals surface area contributed by atoms with Crippen LogP contribution in [0.4, 0.5) is 18.9 Å². The monoisotopic (exact) mass is 604 g/mol. The molecule has 3 heterocycles. The van der Waals surface area contributed by atoms with E-state index >= 15 is 8.78 Å². The van der Waals surface area contributed by atoms with E-state index in [2.05, 4.69) is 16.0 Å². The Morgan fingerprint density at radius 3 is 2.62 bits per heavy atom. The van der Waals surface area contributed by atoms with Gasteiger partial charge in [-0.2, -0.15) is 4.39 Å². The highest BCUT2D eigenvalue weighted by Gasteiger charge is 2.60. The quantitative estimate of drug-likeness (QED) is 0.398. The second kappa shape index (κ2) is 11.6. The highest BCUT2D eigenvalue weighted by Crippen LogP contribution is 2.49. The van der Waals surface area contributed by atoms with Crippen molar-refractivity contribution < 1.29 is 36.0 Å². The Balaban J connectivity index is 1.59. The average molecular weight is 605 g/mol. The second-order valence-corrected chi connectivity index (χ2v) is 13.0. The lowest BCUT2D eigenvalue weighted by atomic mass is 9.71. The summed E-state index contributed by atoms with van der Waals surface area (Å²) in [6.07, 6.45) is 1.27. The van der Waals surface area contributed by atoms with Gasteiger partial charge in [0.15, 0.2) is 0 Å². The van der Waals surface area contributed by atoms with Crippen molar-refractivity contribution >= 4 is 44.8 Å². The smallest absolute Gasteiger partial charge is 0.255 e. The van der Waals surface area contributed by atoms with Crippen LogP contribution in [0.1, 0.15) is 37.7 Å². The fraction of sp³-hybridized carbons (Fsp3) is 0.577. The van der Waals surface area contributed by atoms with Crippen molar-refractivity contribution in [2.75, 3.05) is 24.7 Å². The lowest BCUT2D eigenvalue weighted by Crippen LogP contribution is -2.69. The van der Waals surface area contributed by atoms with Gasteiger partial charge in [0.25, 0.3) is 5.92 Å². The number of benzene rings is 1. The minimum Gasteiger partial charge on any atom is -0.376 e. The summed E-state index contributed by atoms with van der Waals surface area (Å²) in [4.78, 5) is 40.3. The zero-order valence-corrected chi connectivity index (χ0v) is 23.6. The van der Waals surface area contributed by atoms with Crippen molar-refractivity contribution in [1.82, 2.24) is 15.5 Å². The topological polar surface area (TPSA) is 125 Å². The zero-order chi connectivity index (χ0) is 29.4. The number of fused-ring (bicyclic) bond motifs is 3. The third-order valence-electron chi connectivity index (χ3n) is 7.91. The maximum Gasteiger partial charge on any atom is 0.255 e. The Kier molecular flexibility index (Phi) is 8.74. The molecule has 0 aromatic heterocycles. The predicted octanol–water partition coefficient (Wildman–Crippen LogP) is 2.94. The van der Waals surface area contributed by atoms with Crippen molar-refractivity contribution in [2.24, 2.45) is 11.8 Å². The molecule has 3 aliphatic heterocycles. The Labute approximate surface area is 235 Å². The summed E-state index contributed by atoms with van der Waals surface area (Å²) in [7, 11) is -4.26. The molecule has 4 fully saturated rings. The molecule has 0 spiro atoms. The number of anilines is 1. The number of rotatable bonds is 9. The normalized spacial score (nSPS) is 26.8. The van der Waals surface area contributed by atoms with Gasteiger partial charge in [-0.3, -0.25) is 14.4 Å². The van der Waals surface area contributed by atoms with Crippen LogP contribution in [0.25, 0.3) is 0 Å². The molecule has 1 aromatic carbocycles. The van der Waals surface area contributed by atoms with Crippen LogP contribution in [0.2, 0.25) is 5.02 Å². The van der Waals surface area contributed by atoms with E-state index < -0.39 is 69.1 Å². The molecule has 5 rings (SSSR count). The van der Waals surface area contributed by atoms with Crippen molar-refractivity contribution in [1.29, 1.82) is 0 Å². The number of hydrogen-bond acceptors (Lipinski definition) is 6. The first-order valence-corrected chi connectivity index (χ1v) is 15.3. The number of alkyl halides is 2. The van der Waals surface area contributed by atoms with E-state index in [1.54, 1.807) is 25.1 Å². The first-order chi connectivity index (χ1) is 18.7. The van der Waals surface area contributed by atoms with E-state index in [1.165, 1.54) is 4.90 Å². The largest absolute Gasteiger partial charge is 0.376 e. The molecular weight excluding hydrogens is 573 g/mol. The summed E-state index contributed by atoms with van der Waals surface area (Å²) < 4.78 is 67.9. The molecule has 4 aliphatic rings. The summed E-state index contributed by atoms with van der Waals surface area (Å²) >= 11 is 6.14. The number of hydrogen-bond donors (Lipinski definition) is 3. The molecule has 3 amide bonds. The number of carbonyl (C=O) groups excluding carboxylic acids is 3. The van der Waals surface area contributed by atoms with Gasteiger partial charge >= 0.3 is 0 Å². The molecule has 1 aromatic rings. The number of nitrogens with zero attached hydrogens (tertiary/aromatic N) is 1. The number of carbonyl (C=O) groups is 3. The fourth-order valence-corrected chi connectivity index (χ4v) is 6.41. The fourth-order valence-electron chi connectivity index (χ4n) is 5.82. The van der Waals surface area contributed by atoms with Crippen LogP contribution in [-0.2, 0) is 24.2 Å². The van der Waals surface area contributed by atoms with Crippen LogP contribution < -0.4 is 16.0 Å². The van der Waals surface area contributed by atoms with Gasteiger partial charge in [0.1, 0.15) is 6.04 Å². The number of nitrogens with one attached hydrogen (secondary N) is 3. The third kappa shape index (κ3) is 6.40. The van der Waals surface area contributed by atoms with Crippen LogP contribution >= 0.6 is 11.6 Å². The summed E-state index contributed by atoms with van der Waals surface area (Å²) in [5.74, 6) is -7.20. The van der Waals surface area contributed by atoms with E-state index in [0.717, 1.165) is 0 Å². The highest BCUT2D eigenvalue weighted by molar-refractivity contribution is 7.94. The highest BCUT2D eigenvalue weighted by atomic mass is 35.5. The number of sulfone groups is 1. The molecule has 1 aliphatic carbocycles. The van der Waals surface area contributed by atoms with Crippen LogP contribution in [-0.4, -0.2) is 74.4 Å². The number of halogens is 4. The number of amides is 3. The van der Waals surface area contributed by atoms with E-state index in [1.807, 2.05) is 0 Å². The van der Waals surface area contributed by atoms with Gasteiger partial charge in [0, 0.05) is 41.9 Å². The van der Waals surface area contributed by atoms with E-state index in [9.17, 15) is 27.2 Å². The van der Waals surface area contributed by atoms with Crippen molar-refractivity contribution in [3.8, 4) is 0 Å². The summed E-state index contributed by atoms with van der Waals surface area (Å²) in [6.45, 7) is 1.83. The lowest BCUT2D eigenvalue weighted by Gasteiger charge is -2.53. The van der Waals surface area contributed by atoms with Gasteiger partial charge < -0.3 is 20.9 Å². The Hall–Kier alpha value is -2.80. The van der Waals surface area contributed by atoms with Crippen LogP contribution in [0.3, 0.4) is 0 Å². The van der Waals surface area contributed by atoms with Gasteiger partial charge in [-0.25, -0.2) is 17.2 Å². The lowest BCUT2D eigenvalue weighted by molar-refractivity contribution is -0.193. The molecule has 14 heteroatoms. The molecule has 3 saturated heterocycles. The number of piperidine rings is 2. The second-order valence-electron chi connectivity index (χ2n) is 10.7. The molecule has 40 heavy (non-hydrogen) atoms. The van der Waals surface area contributed by atoms with Crippen LogP contribution in [0.5, 0.6) is 0 Å². The first kappa shape index (κ1) is 30.2. The SMILES string of the molecule is Cc1c(Cl)cccc1NCC(=O)N1[C@@H]2CC[C@H]([C@H]1C(=O)N[C@H](/C=C(/F)S(C)(=O)=O)C[C@@H]1CCNC1=O)C(F)(F)C2. The minimum absolute atomic E-state index is 0.00357. The van der Waals surface area contributed by atoms with E-state index in [0.29, 0.717) is 48.0 Å². The molecule has 0 unspecified atom stereocenters. The Morgan fingerprint density at radius 1 is 1.27 bits per heavy atom. The van der Waals surface area contributed by atoms with Gasteiger partial charge in [-0.1, -0.05) is 17.7 Å². The van der Waals surface area contributed by atoms with Crippen molar-refractivity contribution in [3.05, 3.63) is 40.0 Å². The molecule has 1 saturated carbocycles. The zero-order valence-electron chi connectivity index (χ0n) is 22.1. The summed E-state index contributed by atoms with van der Waals surface area (Å²) in [6, 6.07) is 1.34. The molecule has 220 valence electrons. The molecule has 9 nitrogen and oxygen atoms in total. The van der Waals surface area contributed by atoms with Gasteiger partial charge in [0.2, 0.25) is 32.7 Å². The third-order valence-corrected chi connectivity index (χ3v) is 9.16. The van der Waals surface area contributed by atoms with E-state index in [-0.39, 0.29) is 25.3 Å². The summed E-state index contributed by atoms with van der Waals surface area (Å²) in [5.41, 5.74) is 1.27. The van der Waals surface area contributed by atoms with Crippen LogP contribution in [0.15, 0.2) is 29.4 Å². The van der Waals surface area contributed by atoms with Gasteiger partial charge in [-0.05, 0) is 56.4 Å². The standard InChI is InChI=1S/C26H32ClF3N4O5S/c1-14-19(27)4-3-5-20(14)32-13-22(35)34-17-6-7-18(26(29,30)12-17)23(34)25(37)33-16(11-21(28)40(2,38)39)10-15-8-9-31-24(15)36/h3-5,11,15-18,23,32H,6-10,12-13H2,1-2H3,(H,31,36)(H,33,37)/b21-11-/t15-,16-,17+,18+,23-/m0/s1. The molecule has 5 atom stereocenters.